The molecule has 1 aliphatic rings. The van der Waals surface area contributed by atoms with Gasteiger partial charge in [-0.2, -0.15) is 0 Å². The molecule has 1 aromatic rings. The van der Waals surface area contributed by atoms with Crippen molar-refractivity contribution in [1.29, 1.82) is 0 Å². The predicted octanol–water partition coefficient (Wildman–Crippen LogP) is 1.92. The van der Waals surface area contributed by atoms with Gasteiger partial charge in [-0.25, -0.2) is 4.79 Å². The number of rotatable bonds is 1. The van der Waals surface area contributed by atoms with Crippen LogP contribution in [0.1, 0.15) is 10.4 Å². The van der Waals surface area contributed by atoms with Gasteiger partial charge in [0.25, 0.3) is 0 Å². The van der Waals surface area contributed by atoms with Gasteiger partial charge >= 0.3 is 6.16 Å². The predicted molar refractivity (Wildman–Crippen MR) is 59.4 cm³/mol. The van der Waals surface area contributed by atoms with Crippen LogP contribution in [-0.4, -0.2) is 19.5 Å². The lowest BCUT2D eigenvalue weighted by molar-refractivity contribution is 0.0209. The van der Waals surface area contributed by atoms with Gasteiger partial charge in [-0.05, 0) is 17.0 Å². The lowest BCUT2D eigenvalue weighted by atomic mass is 10.1. The summed E-state index contributed by atoms with van der Waals surface area (Å²) in [5.74, 6) is 0. The Bertz CT molecular complexity index is 342. The zero-order chi connectivity index (χ0) is 9.97. The van der Waals surface area contributed by atoms with E-state index in [0.29, 0.717) is 0 Å². The van der Waals surface area contributed by atoms with Crippen molar-refractivity contribution in [2.45, 2.75) is 19.2 Å². The summed E-state index contributed by atoms with van der Waals surface area (Å²) in [6.07, 6.45) is -0.168. The smallest absolute Gasteiger partial charge is 0.438 e. The molecular formula is C9H12ClNO3S. The Morgan fingerprint density at radius 3 is 3.20 bits per heavy atom. The van der Waals surface area contributed by atoms with E-state index in [2.05, 4.69) is 16.1 Å². The molecule has 15 heavy (non-hydrogen) atoms. The fourth-order valence-electron chi connectivity index (χ4n) is 1.42. The quantitative estimate of drug-likeness (QED) is 0.773. The van der Waals surface area contributed by atoms with E-state index in [1.54, 1.807) is 11.3 Å². The fourth-order valence-corrected chi connectivity index (χ4v) is 2.35. The number of methoxy groups -OCH3 is 1. The van der Waals surface area contributed by atoms with Crippen LogP contribution in [0.3, 0.4) is 0 Å². The van der Waals surface area contributed by atoms with E-state index in [1.165, 1.54) is 17.6 Å². The van der Waals surface area contributed by atoms with Gasteiger partial charge in [0.1, 0.15) is 0 Å². The van der Waals surface area contributed by atoms with E-state index >= 15 is 0 Å². The maximum atomic E-state index is 10.8. The Balaban J connectivity index is 0.00000112. The van der Waals surface area contributed by atoms with Crippen LogP contribution in [0, 0.1) is 0 Å². The molecule has 0 aromatic carbocycles. The first-order valence-corrected chi connectivity index (χ1v) is 5.21. The molecule has 2 rings (SSSR count). The molecule has 4 nitrogen and oxygen atoms in total. The van der Waals surface area contributed by atoms with E-state index < -0.39 is 6.16 Å². The Morgan fingerprint density at radius 2 is 2.47 bits per heavy atom. The largest absolute Gasteiger partial charge is 0.509 e. The summed E-state index contributed by atoms with van der Waals surface area (Å²) >= 11 is 1.69. The summed E-state index contributed by atoms with van der Waals surface area (Å²) in [6, 6.07) is 2.08. The van der Waals surface area contributed by atoms with E-state index in [0.717, 1.165) is 13.0 Å². The minimum Gasteiger partial charge on any atom is -0.438 e. The van der Waals surface area contributed by atoms with Gasteiger partial charge in [0.2, 0.25) is 0 Å². The molecule has 0 fully saturated rings. The molecule has 84 valence electrons. The number of halogens is 1. The standard InChI is InChI=1S/C9H11NO3S.ClH/c1-12-9(11)13-8-4-7-6(5-10-8)2-3-14-7;/h2-3,8,10H,4-5H2,1H3;1H/t8-;/m0./s1. The zero-order valence-electron chi connectivity index (χ0n) is 8.19. The molecule has 1 aliphatic heterocycles. The molecule has 2 heterocycles. The molecule has 0 saturated carbocycles. The molecular weight excluding hydrogens is 238 g/mol. The lowest BCUT2D eigenvalue weighted by Gasteiger charge is -2.22. The lowest BCUT2D eigenvalue weighted by Crippen LogP contribution is -2.38. The summed E-state index contributed by atoms with van der Waals surface area (Å²) in [5, 5.41) is 5.16. The third kappa shape index (κ3) is 2.84. The van der Waals surface area contributed by atoms with Gasteiger partial charge in [-0.1, -0.05) is 0 Å². The maximum absolute atomic E-state index is 10.8. The first kappa shape index (κ1) is 12.3. The van der Waals surface area contributed by atoms with Crippen molar-refractivity contribution < 1.29 is 14.3 Å². The van der Waals surface area contributed by atoms with Crippen LogP contribution in [-0.2, 0) is 22.4 Å². The van der Waals surface area contributed by atoms with E-state index in [9.17, 15) is 4.79 Å². The minimum atomic E-state index is -0.637. The highest BCUT2D eigenvalue weighted by Crippen LogP contribution is 2.22. The number of hydrogen-bond donors (Lipinski definition) is 1. The summed E-state index contributed by atoms with van der Waals surface area (Å²) in [7, 11) is 1.31. The van der Waals surface area contributed by atoms with Gasteiger partial charge in [0.15, 0.2) is 6.23 Å². The van der Waals surface area contributed by atoms with E-state index in [-0.39, 0.29) is 18.6 Å². The van der Waals surface area contributed by atoms with Crippen molar-refractivity contribution >= 4 is 29.9 Å². The molecule has 0 amide bonds. The molecule has 1 N–H and O–H groups in total. The number of nitrogens with one attached hydrogen (secondary N) is 1. The molecule has 6 heteroatoms. The Morgan fingerprint density at radius 1 is 1.67 bits per heavy atom. The van der Waals surface area contributed by atoms with Crippen molar-refractivity contribution in [3.8, 4) is 0 Å². The van der Waals surface area contributed by atoms with Gasteiger partial charge in [0, 0.05) is 17.8 Å². The van der Waals surface area contributed by atoms with Crippen molar-refractivity contribution in [3.05, 3.63) is 21.9 Å². The van der Waals surface area contributed by atoms with Gasteiger partial charge < -0.3 is 9.47 Å². The third-order valence-electron chi connectivity index (χ3n) is 2.13. The van der Waals surface area contributed by atoms with Crippen LogP contribution in [0.25, 0.3) is 0 Å². The Labute approximate surface area is 98.0 Å². The number of thiophene rings is 1. The number of carbonyl (C=O) groups is 1. The highest BCUT2D eigenvalue weighted by molar-refractivity contribution is 7.10. The molecule has 0 saturated heterocycles. The van der Waals surface area contributed by atoms with Crippen LogP contribution in [0.4, 0.5) is 4.79 Å². The van der Waals surface area contributed by atoms with Crippen molar-refractivity contribution in [1.82, 2.24) is 5.32 Å². The number of ether oxygens (including phenoxy) is 2. The summed E-state index contributed by atoms with van der Waals surface area (Å²) < 4.78 is 9.43. The highest BCUT2D eigenvalue weighted by atomic mass is 35.5. The van der Waals surface area contributed by atoms with Gasteiger partial charge in [-0.15, -0.1) is 23.7 Å². The summed E-state index contributed by atoms with van der Waals surface area (Å²) in [6.45, 7) is 0.750. The van der Waals surface area contributed by atoms with Crippen LogP contribution >= 0.6 is 23.7 Å². The highest BCUT2D eigenvalue weighted by Gasteiger charge is 2.22. The van der Waals surface area contributed by atoms with Crippen LogP contribution in [0.5, 0.6) is 0 Å². The molecule has 0 spiro atoms. The third-order valence-corrected chi connectivity index (χ3v) is 3.12. The topological polar surface area (TPSA) is 47.6 Å². The molecule has 1 aromatic heterocycles. The van der Waals surface area contributed by atoms with E-state index in [4.69, 9.17) is 4.74 Å². The number of fused-ring (bicyclic) bond motifs is 1. The monoisotopic (exact) mass is 249 g/mol. The number of hydrogen-bond acceptors (Lipinski definition) is 5. The normalized spacial score (nSPS) is 18.6. The summed E-state index contributed by atoms with van der Waals surface area (Å²) in [5.41, 5.74) is 1.29. The molecule has 0 radical (unpaired) electrons. The van der Waals surface area contributed by atoms with Crippen LogP contribution in [0.15, 0.2) is 11.4 Å². The first-order chi connectivity index (χ1) is 6.79. The average molecular weight is 250 g/mol. The second-order valence-corrected chi connectivity index (χ2v) is 4.02. The molecule has 0 bridgehead atoms. The average Bonchev–Trinajstić information content (AvgIpc) is 2.64. The molecule has 0 unspecified atom stereocenters. The molecule has 0 aliphatic carbocycles. The van der Waals surface area contributed by atoms with Crippen molar-refractivity contribution in [2.75, 3.05) is 7.11 Å². The van der Waals surface area contributed by atoms with Crippen molar-refractivity contribution in [2.24, 2.45) is 0 Å². The zero-order valence-corrected chi connectivity index (χ0v) is 9.82. The maximum Gasteiger partial charge on any atom is 0.509 e. The SMILES string of the molecule is COC(=O)O[C@H]1Cc2sccc2CN1.Cl. The Kier molecular flexibility index (Phi) is 4.38. The minimum absolute atomic E-state index is 0. The number of carbonyl (C=O) groups excluding carboxylic acids is 1. The van der Waals surface area contributed by atoms with Crippen LogP contribution in [0.2, 0.25) is 0 Å². The second kappa shape index (κ2) is 5.34. The van der Waals surface area contributed by atoms with E-state index in [1.807, 2.05) is 5.38 Å². The van der Waals surface area contributed by atoms with Crippen LogP contribution < -0.4 is 5.32 Å². The fraction of sp³-hybridized carbons (Fsp3) is 0.444. The summed E-state index contributed by atoms with van der Waals surface area (Å²) in [4.78, 5) is 12.1. The Hall–Kier alpha value is -0.780. The molecule has 1 atom stereocenters. The van der Waals surface area contributed by atoms with Gasteiger partial charge in [-0.3, -0.25) is 5.32 Å². The second-order valence-electron chi connectivity index (χ2n) is 3.01. The van der Waals surface area contributed by atoms with Crippen molar-refractivity contribution in [3.63, 3.8) is 0 Å². The van der Waals surface area contributed by atoms with Gasteiger partial charge in [0.05, 0.1) is 7.11 Å². The first-order valence-electron chi connectivity index (χ1n) is 4.33.